The maximum atomic E-state index is 3.98. The highest BCUT2D eigenvalue weighted by atomic mass is 14.9. The number of anilines is 1. The monoisotopic (exact) mass is 176 g/mol. The molecule has 2 rings (SSSR count). The Hall–Kier alpha value is -1.05. The predicted octanol–water partition coefficient (Wildman–Crippen LogP) is 2.54. The van der Waals surface area contributed by atoms with Gasteiger partial charge in [0.1, 0.15) is 0 Å². The minimum atomic E-state index is 0.883. The average molecular weight is 176 g/mol. The van der Waals surface area contributed by atoms with Gasteiger partial charge in [0, 0.05) is 24.6 Å². The number of rotatable bonds is 3. The highest BCUT2D eigenvalue weighted by Crippen LogP contribution is 2.33. The number of nitrogens with zero attached hydrogens (tertiary/aromatic N) is 1. The largest absolute Gasteiger partial charge is 0.385 e. The molecular weight excluding hydrogens is 160 g/mol. The van der Waals surface area contributed by atoms with Crippen LogP contribution in [0.25, 0.3) is 0 Å². The highest BCUT2D eigenvalue weighted by Gasteiger charge is 2.25. The second kappa shape index (κ2) is 3.77. The Kier molecular flexibility index (Phi) is 2.48. The van der Waals surface area contributed by atoms with E-state index in [0.717, 1.165) is 18.4 Å². The molecule has 0 bridgehead atoms. The van der Waals surface area contributed by atoms with Crippen LogP contribution in [-0.4, -0.2) is 11.5 Å². The molecule has 1 heterocycles. The first kappa shape index (κ1) is 8.54. The smallest absolute Gasteiger partial charge is 0.0371 e. The number of pyridine rings is 1. The van der Waals surface area contributed by atoms with Gasteiger partial charge in [0.15, 0.2) is 0 Å². The first-order valence-corrected chi connectivity index (χ1v) is 5.00. The molecule has 1 N–H and O–H groups in total. The van der Waals surface area contributed by atoms with Crippen molar-refractivity contribution in [1.82, 2.24) is 4.98 Å². The number of hydrogen-bond donors (Lipinski definition) is 1. The van der Waals surface area contributed by atoms with Gasteiger partial charge in [-0.1, -0.05) is 13.3 Å². The number of aromatic nitrogens is 1. The predicted molar refractivity (Wildman–Crippen MR) is 54.6 cm³/mol. The topological polar surface area (TPSA) is 24.9 Å². The van der Waals surface area contributed by atoms with Crippen LogP contribution >= 0.6 is 0 Å². The lowest BCUT2D eigenvalue weighted by atomic mass is 9.75. The van der Waals surface area contributed by atoms with Crippen molar-refractivity contribution in [2.24, 2.45) is 11.8 Å². The summed E-state index contributed by atoms with van der Waals surface area (Å²) in [6, 6.07) is 4.03. The number of hydrogen-bond acceptors (Lipinski definition) is 2. The molecule has 0 saturated heterocycles. The van der Waals surface area contributed by atoms with E-state index in [1.54, 1.807) is 0 Å². The molecule has 1 aliphatic carbocycles. The summed E-state index contributed by atoms with van der Waals surface area (Å²) in [4.78, 5) is 3.98. The maximum Gasteiger partial charge on any atom is 0.0371 e. The summed E-state index contributed by atoms with van der Waals surface area (Å²) in [6.07, 6.45) is 6.45. The summed E-state index contributed by atoms with van der Waals surface area (Å²) in [7, 11) is 0. The summed E-state index contributed by atoms with van der Waals surface area (Å²) in [6.45, 7) is 3.45. The molecule has 2 nitrogen and oxygen atoms in total. The van der Waals surface area contributed by atoms with Gasteiger partial charge in [0.25, 0.3) is 0 Å². The van der Waals surface area contributed by atoms with Crippen molar-refractivity contribution in [1.29, 1.82) is 0 Å². The van der Waals surface area contributed by atoms with Gasteiger partial charge in [0.05, 0.1) is 0 Å². The molecule has 2 heteroatoms. The zero-order valence-electron chi connectivity index (χ0n) is 8.03. The van der Waals surface area contributed by atoms with Crippen LogP contribution < -0.4 is 5.32 Å². The SMILES string of the molecule is C[C@@H]1CC[C@H]1CNc1ccncc1. The zero-order valence-corrected chi connectivity index (χ0v) is 8.03. The standard InChI is InChI=1S/C11H16N2/c1-9-2-3-10(9)8-13-11-4-6-12-7-5-11/h4-7,9-10H,2-3,8H2,1H3,(H,12,13)/t9-,10+/m1/s1. The Bertz CT molecular complexity index is 258. The molecule has 0 unspecified atom stereocenters. The second-order valence-corrected chi connectivity index (χ2v) is 3.93. The normalized spacial score (nSPS) is 26.5. The summed E-state index contributed by atoms with van der Waals surface area (Å²) in [5, 5.41) is 3.44. The van der Waals surface area contributed by atoms with E-state index in [9.17, 15) is 0 Å². The van der Waals surface area contributed by atoms with E-state index in [0.29, 0.717) is 0 Å². The summed E-state index contributed by atoms with van der Waals surface area (Å²) in [5.41, 5.74) is 1.19. The van der Waals surface area contributed by atoms with Gasteiger partial charge in [-0.15, -0.1) is 0 Å². The van der Waals surface area contributed by atoms with E-state index in [1.807, 2.05) is 24.5 Å². The van der Waals surface area contributed by atoms with Gasteiger partial charge in [-0.25, -0.2) is 0 Å². The van der Waals surface area contributed by atoms with Crippen molar-refractivity contribution in [3.63, 3.8) is 0 Å². The molecule has 13 heavy (non-hydrogen) atoms. The zero-order chi connectivity index (χ0) is 9.10. The molecule has 1 aromatic rings. The molecule has 0 aliphatic heterocycles. The van der Waals surface area contributed by atoms with E-state index in [-0.39, 0.29) is 0 Å². The van der Waals surface area contributed by atoms with Crippen LogP contribution in [0, 0.1) is 11.8 Å². The third-order valence-electron chi connectivity index (χ3n) is 3.05. The lowest BCUT2D eigenvalue weighted by Crippen LogP contribution is -2.29. The Balaban J connectivity index is 1.80. The van der Waals surface area contributed by atoms with Gasteiger partial charge in [-0.3, -0.25) is 4.98 Å². The molecule has 1 aromatic heterocycles. The van der Waals surface area contributed by atoms with Crippen LogP contribution in [0.1, 0.15) is 19.8 Å². The van der Waals surface area contributed by atoms with Gasteiger partial charge >= 0.3 is 0 Å². The molecule has 1 aliphatic rings. The lowest BCUT2D eigenvalue weighted by Gasteiger charge is -2.34. The second-order valence-electron chi connectivity index (χ2n) is 3.93. The molecule has 1 saturated carbocycles. The Morgan fingerprint density at radius 1 is 1.38 bits per heavy atom. The fraction of sp³-hybridized carbons (Fsp3) is 0.545. The quantitative estimate of drug-likeness (QED) is 0.765. The van der Waals surface area contributed by atoms with Crippen LogP contribution in [0.15, 0.2) is 24.5 Å². The van der Waals surface area contributed by atoms with E-state index >= 15 is 0 Å². The Labute approximate surface area is 79.4 Å². The first-order valence-electron chi connectivity index (χ1n) is 5.00. The molecule has 2 atom stereocenters. The minimum Gasteiger partial charge on any atom is -0.385 e. The third kappa shape index (κ3) is 2.00. The van der Waals surface area contributed by atoms with Crippen molar-refractivity contribution in [2.45, 2.75) is 19.8 Å². The molecule has 0 radical (unpaired) electrons. The van der Waals surface area contributed by atoms with Crippen LogP contribution in [-0.2, 0) is 0 Å². The minimum absolute atomic E-state index is 0.883. The van der Waals surface area contributed by atoms with Crippen LogP contribution in [0.3, 0.4) is 0 Å². The van der Waals surface area contributed by atoms with Crippen LogP contribution in [0.4, 0.5) is 5.69 Å². The first-order chi connectivity index (χ1) is 6.36. The van der Waals surface area contributed by atoms with E-state index in [1.165, 1.54) is 18.5 Å². The Morgan fingerprint density at radius 3 is 2.69 bits per heavy atom. The summed E-state index contributed by atoms with van der Waals surface area (Å²) in [5.74, 6) is 1.79. The highest BCUT2D eigenvalue weighted by molar-refractivity contribution is 5.40. The fourth-order valence-electron chi connectivity index (χ4n) is 1.76. The van der Waals surface area contributed by atoms with Gasteiger partial charge in [-0.05, 0) is 30.4 Å². The van der Waals surface area contributed by atoms with E-state index in [4.69, 9.17) is 0 Å². The van der Waals surface area contributed by atoms with Gasteiger partial charge in [0.2, 0.25) is 0 Å². The molecule has 70 valence electrons. The van der Waals surface area contributed by atoms with Crippen LogP contribution in [0.2, 0.25) is 0 Å². The maximum absolute atomic E-state index is 3.98. The molecule has 1 fully saturated rings. The van der Waals surface area contributed by atoms with Gasteiger partial charge in [-0.2, -0.15) is 0 Å². The van der Waals surface area contributed by atoms with Crippen LogP contribution in [0.5, 0.6) is 0 Å². The third-order valence-corrected chi connectivity index (χ3v) is 3.05. The van der Waals surface area contributed by atoms with Crippen molar-refractivity contribution in [3.05, 3.63) is 24.5 Å². The fourth-order valence-corrected chi connectivity index (χ4v) is 1.76. The summed E-state index contributed by atoms with van der Waals surface area (Å²) >= 11 is 0. The molecule has 0 spiro atoms. The number of nitrogens with one attached hydrogen (secondary N) is 1. The van der Waals surface area contributed by atoms with Gasteiger partial charge < -0.3 is 5.32 Å². The van der Waals surface area contributed by atoms with Crippen molar-refractivity contribution in [3.8, 4) is 0 Å². The molecule has 0 aromatic carbocycles. The van der Waals surface area contributed by atoms with Crippen molar-refractivity contribution >= 4 is 5.69 Å². The van der Waals surface area contributed by atoms with E-state index in [2.05, 4.69) is 17.2 Å². The molecule has 0 amide bonds. The molecular formula is C11H16N2. The summed E-state index contributed by atoms with van der Waals surface area (Å²) < 4.78 is 0. The Morgan fingerprint density at radius 2 is 2.15 bits per heavy atom. The average Bonchev–Trinajstić information content (AvgIpc) is 2.17. The lowest BCUT2D eigenvalue weighted by molar-refractivity contribution is 0.210. The van der Waals surface area contributed by atoms with Crippen molar-refractivity contribution in [2.75, 3.05) is 11.9 Å². The van der Waals surface area contributed by atoms with E-state index < -0.39 is 0 Å². The van der Waals surface area contributed by atoms with Crippen molar-refractivity contribution < 1.29 is 0 Å².